The fourth-order valence-electron chi connectivity index (χ4n) is 5.68. The molecular formula is C32H37N9O2. The number of ether oxygens (including phenoxy) is 2. The van der Waals surface area contributed by atoms with Crippen LogP contribution in [0.3, 0.4) is 0 Å². The fraction of sp³-hybridized carbons (Fsp3) is 0.375. The zero-order chi connectivity index (χ0) is 29.0. The largest absolute Gasteiger partial charge is 0.493 e. The van der Waals surface area contributed by atoms with E-state index in [2.05, 4.69) is 59.4 Å². The van der Waals surface area contributed by atoms with Crippen molar-refractivity contribution in [2.24, 2.45) is 7.05 Å². The number of nitrogens with one attached hydrogen (secondary N) is 1. The number of fused-ring (bicyclic) bond motifs is 1. The first-order valence-electron chi connectivity index (χ1n) is 15.0. The Morgan fingerprint density at radius 1 is 0.953 bits per heavy atom. The van der Waals surface area contributed by atoms with Gasteiger partial charge in [0.05, 0.1) is 49.6 Å². The molecule has 6 heterocycles. The topological polar surface area (TPSA) is 97.9 Å². The van der Waals surface area contributed by atoms with Gasteiger partial charge in [-0.15, -0.1) is 0 Å². The first-order chi connectivity index (χ1) is 21.2. The Labute approximate surface area is 251 Å². The van der Waals surface area contributed by atoms with Gasteiger partial charge in [0.1, 0.15) is 23.5 Å². The third-order valence-electron chi connectivity index (χ3n) is 8.31. The van der Waals surface area contributed by atoms with Crippen molar-refractivity contribution in [1.82, 2.24) is 38.9 Å². The van der Waals surface area contributed by atoms with E-state index in [0.29, 0.717) is 19.2 Å². The van der Waals surface area contributed by atoms with Crippen LogP contribution in [0.2, 0.25) is 0 Å². The Hall–Kier alpha value is -4.32. The molecule has 43 heavy (non-hydrogen) atoms. The minimum absolute atomic E-state index is 0.643. The van der Waals surface area contributed by atoms with Crippen LogP contribution in [0.1, 0.15) is 12.0 Å². The number of hydrogen-bond donors (Lipinski definition) is 1. The van der Waals surface area contributed by atoms with E-state index >= 15 is 0 Å². The Morgan fingerprint density at radius 2 is 1.81 bits per heavy atom. The average molecular weight is 580 g/mol. The van der Waals surface area contributed by atoms with E-state index in [9.17, 15) is 0 Å². The summed E-state index contributed by atoms with van der Waals surface area (Å²) >= 11 is 0. The van der Waals surface area contributed by atoms with E-state index in [1.807, 2.05) is 59.1 Å². The molecule has 0 aliphatic carbocycles. The Bertz CT molecular complexity index is 1650. The summed E-state index contributed by atoms with van der Waals surface area (Å²) in [5.41, 5.74) is 5.94. The highest BCUT2D eigenvalue weighted by Gasteiger charge is 2.28. The van der Waals surface area contributed by atoms with Gasteiger partial charge < -0.3 is 19.7 Å². The van der Waals surface area contributed by atoms with E-state index in [-0.39, 0.29) is 0 Å². The zero-order valence-corrected chi connectivity index (χ0v) is 24.5. The van der Waals surface area contributed by atoms with Gasteiger partial charge in [0.15, 0.2) is 0 Å². The number of imidazole rings is 1. The molecule has 0 radical (unpaired) electrons. The van der Waals surface area contributed by atoms with Crippen LogP contribution in [0.25, 0.3) is 28.2 Å². The van der Waals surface area contributed by atoms with Crippen molar-refractivity contribution in [2.75, 3.05) is 57.9 Å². The maximum absolute atomic E-state index is 6.09. The number of anilines is 1. The van der Waals surface area contributed by atoms with Gasteiger partial charge in [-0.2, -0.15) is 5.10 Å². The van der Waals surface area contributed by atoms with Gasteiger partial charge in [0.25, 0.3) is 0 Å². The molecule has 1 N–H and O–H groups in total. The molecule has 2 aliphatic rings. The predicted octanol–water partition coefficient (Wildman–Crippen LogP) is 3.59. The monoisotopic (exact) mass is 579 g/mol. The number of rotatable bonds is 11. The number of nitrogens with zero attached hydrogens (tertiary/aromatic N) is 8. The van der Waals surface area contributed by atoms with Crippen molar-refractivity contribution in [1.29, 1.82) is 0 Å². The molecule has 0 atom stereocenters. The van der Waals surface area contributed by atoms with Gasteiger partial charge in [0, 0.05) is 76.4 Å². The Kier molecular flexibility index (Phi) is 8.00. The van der Waals surface area contributed by atoms with Crippen molar-refractivity contribution in [3.63, 3.8) is 0 Å². The summed E-state index contributed by atoms with van der Waals surface area (Å²) in [5.74, 6) is 1.59. The average Bonchev–Trinajstić information content (AvgIpc) is 3.65. The van der Waals surface area contributed by atoms with Gasteiger partial charge >= 0.3 is 0 Å². The summed E-state index contributed by atoms with van der Waals surface area (Å²) in [6, 6.07) is 15.0. The summed E-state index contributed by atoms with van der Waals surface area (Å²) in [5, 5.41) is 7.68. The van der Waals surface area contributed by atoms with Crippen molar-refractivity contribution < 1.29 is 9.47 Å². The molecule has 7 rings (SSSR count). The van der Waals surface area contributed by atoms with Gasteiger partial charge in [-0.3, -0.25) is 14.0 Å². The quantitative estimate of drug-likeness (QED) is 0.236. The highest BCUT2D eigenvalue weighted by atomic mass is 16.5. The van der Waals surface area contributed by atoms with Crippen LogP contribution < -0.4 is 10.1 Å². The second-order valence-corrected chi connectivity index (χ2v) is 11.2. The zero-order valence-electron chi connectivity index (χ0n) is 24.5. The standard InChI is InChI=1S/C32H37N9O2/c1-38-20-26(18-37-38)25-5-3-24(4-6-25)17-33-31-16-29(35-23-36-31)30-19-34-32-15-28(7-9-41(30)32)43-14-2-8-39-10-12-40(13-11-39)27-21-42-22-27/h3-7,9,15-16,18-20,23,27H,2,8,10-14,17,21-22H2,1H3,(H,33,35,36). The van der Waals surface area contributed by atoms with E-state index in [4.69, 9.17) is 9.47 Å². The molecule has 0 saturated carbocycles. The molecule has 0 amide bonds. The van der Waals surface area contributed by atoms with Crippen LogP contribution in [0.5, 0.6) is 5.75 Å². The minimum atomic E-state index is 0.643. The molecule has 5 aromatic rings. The summed E-state index contributed by atoms with van der Waals surface area (Å²) in [7, 11) is 1.93. The highest BCUT2D eigenvalue weighted by molar-refractivity contribution is 5.64. The third-order valence-corrected chi connectivity index (χ3v) is 8.31. The fourth-order valence-corrected chi connectivity index (χ4v) is 5.68. The van der Waals surface area contributed by atoms with E-state index in [1.54, 1.807) is 6.33 Å². The number of hydrogen-bond acceptors (Lipinski definition) is 9. The van der Waals surface area contributed by atoms with E-state index in [0.717, 1.165) is 97.7 Å². The summed E-state index contributed by atoms with van der Waals surface area (Å²) in [6.45, 7) is 8.73. The molecule has 11 nitrogen and oxygen atoms in total. The number of aromatic nitrogens is 6. The van der Waals surface area contributed by atoms with Crippen LogP contribution in [-0.4, -0.2) is 97.5 Å². The van der Waals surface area contributed by atoms with Crippen molar-refractivity contribution in [3.05, 3.63) is 79.1 Å². The van der Waals surface area contributed by atoms with Crippen LogP contribution in [0, 0.1) is 0 Å². The van der Waals surface area contributed by atoms with Gasteiger partial charge in [-0.25, -0.2) is 15.0 Å². The molecule has 1 aromatic carbocycles. The first kappa shape index (κ1) is 27.5. The molecule has 11 heteroatoms. The van der Waals surface area contributed by atoms with Crippen molar-refractivity contribution in [2.45, 2.75) is 19.0 Å². The number of aryl methyl sites for hydroxylation is 1. The molecule has 0 unspecified atom stereocenters. The van der Waals surface area contributed by atoms with Crippen LogP contribution in [0.4, 0.5) is 5.82 Å². The number of benzene rings is 1. The molecule has 2 saturated heterocycles. The maximum atomic E-state index is 6.09. The summed E-state index contributed by atoms with van der Waals surface area (Å²) < 4.78 is 15.3. The third kappa shape index (κ3) is 6.38. The van der Waals surface area contributed by atoms with Crippen LogP contribution in [-0.2, 0) is 18.3 Å². The second-order valence-electron chi connectivity index (χ2n) is 11.2. The Balaban J connectivity index is 0.913. The SMILES string of the molecule is Cn1cc(-c2ccc(CNc3cc(-c4cnc5cc(OCCCN6CCN(C7COC7)CC6)ccn45)ncn3)cc2)cn1. The molecule has 0 bridgehead atoms. The lowest BCUT2D eigenvalue weighted by molar-refractivity contribution is -0.0769. The smallest absolute Gasteiger partial charge is 0.140 e. The van der Waals surface area contributed by atoms with Gasteiger partial charge in [-0.05, 0) is 23.6 Å². The summed E-state index contributed by atoms with van der Waals surface area (Å²) in [4.78, 5) is 18.7. The number of piperazine rings is 1. The van der Waals surface area contributed by atoms with E-state index in [1.165, 1.54) is 0 Å². The lowest BCUT2D eigenvalue weighted by atomic mass is 10.1. The van der Waals surface area contributed by atoms with Gasteiger partial charge in [-0.1, -0.05) is 24.3 Å². The van der Waals surface area contributed by atoms with E-state index < -0.39 is 0 Å². The van der Waals surface area contributed by atoms with Crippen LogP contribution in [0.15, 0.2) is 73.6 Å². The molecule has 4 aromatic heterocycles. The normalized spacial score (nSPS) is 16.4. The minimum Gasteiger partial charge on any atom is -0.493 e. The second kappa shape index (κ2) is 12.5. The maximum Gasteiger partial charge on any atom is 0.140 e. The number of pyridine rings is 1. The molecule has 2 fully saturated rings. The highest BCUT2D eigenvalue weighted by Crippen LogP contribution is 2.24. The molecule has 2 aliphatic heterocycles. The van der Waals surface area contributed by atoms with Crippen LogP contribution >= 0.6 is 0 Å². The molecular weight excluding hydrogens is 542 g/mol. The lowest BCUT2D eigenvalue weighted by Gasteiger charge is -2.42. The lowest BCUT2D eigenvalue weighted by Crippen LogP contribution is -2.56. The molecule has 222 valence electrons. The Morgan fingerprint density at radius 3 is 2.58 bits per heavy atom. The van der Waals surface area contributed by atoms with Gasteiger partial charge in [0.2, 0.25) is 0 Å². The van der Waals surface area contributed by atoms with Crippen molar-refractivity contribution >= 4 is 11.5 Å². The predicted molar refractivity (Wildman–Crippen MR) is 165 cm³/mol. The summed E-state index contributed by atoms with van der Waals surface area (Å²) in [6.07, 6.45) is 10.3. The van der Waals surface area contributed by atoms with Crippen molar-refractivity contribution in [3.8, 4) is 28.3 Å². The molecule has 0 spiro atoms. The first-order valence-corrected chi connectivity index (χ1v) is 15.0.